The molecule has 15 heavy (non-hydrogen) atoms. The molecule has 2 heteroatoms. The molecule has 0 N–H and O–H groups in total. The fraction of sp³-hybridized carbons (Fsp3) is 0.231. The lowest BCUT2D eigenvalue weighted by Crippen LogP contribution is -2.03. The smallest absolute Gasteiger partial charge is 0.0808 e. The summed E-state index contributed by atoms with van der Waals surface area (Å²) in [6, 6.07) is 9.63. The van der Waals surface area contributed by atoms with Crippen molar-refractivity contribution >= 4 is 10.8 Å². The van der Waals surface area contributed by atoms with Gasteiger partial charge in [0.05, 0.1) is 10.8 Å². The van der Waals surface area contributed by atoms with E-state index in [4.69, 9.17) is 0 Å². The summed E-state index contributed by atoms with van der Waals surface area (Å²) in [6.45, 7) is 2.14. The lowest BCUT2D eigenvalue weighted by molar-refractivity contribution is 0.676. The van der Waals surface area contributed by atoms with Crippen molar-refractivity contribution in [1.82, 2.24) is 0 Å². The Hall–Kier alpha value is -1.15. The van der Waals surface area contributed by atoms with Crippen LogP contribution in [0.5, 0.6) is 0 Å². The van der Waals surface area contributed by atoms with Gasteiger partial charge < -0.3 is 0 Å². The van der Waals surface area contributed by atoms with E-state index in [-0.39, 0.29) is 0 Å². The van der Waals surface area contributed by atoms with E-state index in [2.05, 4.69) is 13.0 Å². The number of hydrogen-bond acceptors (Lipinski definition) is 1. The first-order valence-corrected chi connectivity index (χ1v) is 6.26. The lowest BCUT2D eigenvalue weighted by atomic mass is 10.0. The van der Waals surface area contributed by atoms with Gasteiger partial charge in [0.2, 0.25) is 0 Å². The molecule has 0 spiro atoms. The summed E-state index contributed by atoms with van der Waals surface area (Å²) in [5.74, 6) is 0.498. The lowest BCUT2D eigenvalue weighted by Gasteiger charge is -2.13. The molecule has 0 bridgehead atoms. The first-order chi connectivity index (χ1) is 7.27. The molecule has 0 fully saturated rings. The Kier molecular flexibility index (Phi) is 3.17. The highest BCUT2D eigenvalue weighted by molar-refractivity contribution is 7.89. The zero-order chi connectivity index (χ0) is 10.7. The van der Waals surface area contributed by atoms with Gasteiger partial charge in [-0.25, -0.2) is 4.21 Å². The predicted octanol–water partition coefficient (Wildman–Crippen LogP) is 3.27. The van der Waals surface area contributed by atoms with Crippen LogP contribution >= 0.6 is 0 Å². The molecule has 78 valence electrons. The molecule has 0 heterocycles. The zero-order valence-electron chi connectivity index (χ0n) is 8.72. The topological polar surface area (TPSA) is 17.1 Å². The second-order valence-corrected chi connectivity index (χ2v) is 5.31. The average Bonchev–Trinajstić information content (AvgIpc) is 2.29. The molecule has 2 atom stereocenters. The third kappa shape index (κ3) is 2.45. The van der Waals surface area contributed by atoms with Crippen LogP contribution in [0.4, 0.5) is 0 Å². The molecule has 0 amide bonds. The molecule has 0 radical (unpaired) electrons. The Morgan fingerprint density at radius 2 is 2.00 bits per heavy atom. The van der Waals surface area contributed by atoms with Crippen LogP contribution in [-0.4, -0.2) is 4.21 Å². The molecule has 1 nitrogen and oxygen atoms in total. The molecule has 0 saturated heterocycles. The Bertz CT molecular complexity index is 417. The number of rotatable bonds is 2. The van der Waals surface area contributed by atoms with E-state index in [0.29, 0.717) is 5.92 Å². The predicted molar refractivity (Wildman–Crippen MR) is 63.9 cm³/mol. The van der Waals surface area contributed by atoms with Gasteiger partial charge in [0.1, 0.15) is 0 Å². The Morgan fingerprint density at radius 1 is 1.27 bits per heavy atom. The minimum Gasteiger partial charge on any atom is -0.249 e. The second kappa shape index (κ2) is 4.58. The van der Waals surface area contributed by atoms with Gasteiger partial charge in [0.25, 0.3) is 0 Å². The summed E-state index contributed by atoms with van der Waals surface area (Å²) in [6.07, 6.45) is 7.02. The van der Waals surface area contributed by atoms with E-state index in [0.717, 1.165) is 16.2 Å². The monoisotopic (exact) mass is 218 g/mol. The maximum absolute atomic E-state index is 12.2. The van der Waals surface area contributed by atoms with Gasteiger partial charge in [0, 0.05) is 9.80 Å². The van der Waals surface area contributed by atoms with Gasteiger partial charge in [-0.3, -0.25) is 0 Å². The van der Waals surface area contributed by atoms with Crippen LogP contribution in [0.25, 0.3) is 0 Å². The van der Waals surface area contributed by atoms with Crippen LogP contribution in [0.2, 0.25) is 0 Å². The van der Waals surface area contributed by atoms with Crippen molar-refractivity contribution in [3.8, 4) is 0 Å². The van der Waals surface area contributed by atoms with Crippen LogP contribution in [0, 0.1) is 5.92 Å². The molecule has 1 aliphatic carbocycles. The first kappa shape index (κ1) is 10.4. The van der Waals surface area contributed by atoms with E-state index in [1.54, 1.807) is 0 Å². The van der Waals surface area contributed by atoms with Gasteiger partial charge in [-0.1, -0.05) is 43.4 Å². The van der Waals surface area contributed by atoms with Crippen molar-refractivity contribution < 1.29 is 4.21 Å². The maximum atomic E-state index is 12.2. The quantitative estimate of drug-likeness (QED) is 0.744. The minimum atomic E-state index is -0.981. The van der Waals surface area contributed by atoms with E-state index < -0.39 is 10.8 Å². The van der Waals surface area contributed by atoms with Crippen LogP contribution < -0.4 is 0 Å². The average molecular weight is 218 g/mol. The summed E-state index contributed by atoms with van der Waals surface area (Å²) in [5.41, 5.74) is 0. The molecule has 2 unspecified atom stereocenters. The summed E-state index contributed by atoms with van der Waals surface area (Å²) >= 11 is 0. The Balaban J connectivity index is 2.23. The number of benzene rings is 1. The highest BCUT2D eigenvalue weighted by Crippen LogP contribution is 2.24. The van der Waals surface area contributed by atoms with Gasteiger partial charge in [-0.2, -0.15) is 0 Å². The normalized spacial score (nSPS) is 22.2. The third-order valence-corrected chi connectivity index (χ3v) is 3.92. The van der Waals surface area contributed by atoms with Crippen molar-refractivity contribution in [1.29, 1.82) is 0 Å². The molecule has 1 aromatic rings. The largest absolute Gasteiger partial charge is 0.249 e. The molecule has 2 rings (SSSR count). The van der Waals surface area contributed by atoms with Crippen molar-refractivity contribution in [2.45, 2.75) is 18.2 Å². The fourth-order valence-electron chi connectivity index (χ4n) is 1.64. The van der Waals surface area contributed by atoms with Gasteiger partial charge >= 0.3 is 0 Å². The summed E-state index contributed by atoms with van der Waals surface area (Å²) in [4.78, 5) is 1.92. The van der Waals surface area contributed by atoms with E-state index in [1.807, 2.05) is 42.5 Å². The second-order valence-electron chi connectivity index (χ2n) is 3.78. The highest BCUT2D eigenvalue weighted by Gasteiger charge is 2.13. The summed E-state index contributed by atoms with van der Waals surface area (Å²) < 4.78 is 12.2. The van der Waals surface area contributed by atoms with Crippen molar-refractivity contribution in [3.63, 3.8) is 0 Å². The van der Waals surface area contributed by atoms with E-state index in [1.165, 1.54) is 0 Å². The van der Waals surface area contributed by atoms with Crippen molar-refractivity contribution in [2.75, 3.05) is 0 Å². The van der Waals surface area contributed by atoms with E-state index >= 15 is 0 Å². The molecule has 1 aromatic carbocycles. The van der Waals surface area contributed by atoms with Crippen molar-refractivity contribution in [3.05, 3.63) is 53.5 Å². The maximum Gasteiger partial charge on any atom is 0.0808 e. The van der Waals surface area contributed by atoms with Crippen LogP contribution in [0.15, 0.2) is 58.4 Å². The fourth-order valence-corrected chi connectivity index (χ4v) is 2.96. The molecule has 0 saturated carbocycles. The summed E-state index contributed by atoms with van der Waals surface area (Å²) in [5, 5.41) is 0. The Morgan fingerprint density at radius 3 is 2.67 bits per heavy atom. The Labute approximate surface area is 93.0 Å². The molecule has 0 aromatic heterocycles. The van der Waals surface area contributed by atoms with E-state index in [9.17, 15) is 4.21 Å². The summed E-state index contributed by atoms with van der Waals surface area (Å²) in [7, 11) is -0.981. The zero-order valence-corrected chi connectivity index (χ0v) is 9.54. The highest BCUT2D eigenvalue weighted by atomic mass is 32.2. The van der Waals surface area contributed by atoms with Gasteiger partial charge in [-0.15, -0.1) is 0 Å². The first-order valence-electron chi connectivity index (χ1n) is 5.11. The van der Waals surface area contributed by atoms with Gasteiger partial charge in [-0.05, 0) is 24.5 Å². The molecular weight excluding hydrogens is 204 g/mol. The van der Waals surface area contributed by atoms with Crippen LogP contribution in [-0.2, 0) is 10.8 Å². The van der Waals surface area contributed by atoms with Gasteiger partial charge in [0.15, 0.2) is 0 Å². The van der Waals surface area contributed by atoms with Crippen molar-refractivity contribution in [2.24, 2.45) is 5.92 Å². The molecule has 0 aliphatic heterocycles. The molecular formula is C13H14OS. The van der Waals surface area contributed by atoms with Crippen LogP contribution in [0.1, 0.15) is 13.3 Å². The SMILES string of the molecule is CC1C=CC=C(S(=O)c2ccccc2)C1. The molecule has 1 aliphatic rings. The standard InChI is InChI=1S/C13H14OS/c1-11-6-5-9-13(10-11)15(14)12-7-3-2-4-8-12/h2-9,11H,10H2,1H3. The minimum absolute atomic E-state index is 0.498. The number of allylic oxidation sites excluding steroid dienone is 4. The number of hydrogen-bond donors (Lipinski definition) is 0. The van der Waals surface area contributed by atoms with Crippen LogP contribution in [0.3, 0.4) is 0 Å². The third-order valence-electron chi connectivity index (χ3n) is 2.44.